The van der Waals surface area contributed by atoms with Crippen LogP contribution in [0.4, 0.5) is 0 Å². The van der Waals surface area contributed by atoms with Crippen molar-refractivity contribution in [2.45, 2.75) is 20.8 Å². The van der Waals surface area contributed by atoms with E-state index in [1.807, 2.05) is 59.4 Å². The molecule has 0 aliphatic carbocycles. The number of hydrogen-bond acceptors (Lipinski definition) is 4. The molecule has 6 nitrogen and oxygen atoms in total. The molecule has 4 heterocycles. The highest BCUT2D eigenvalue weighted by Gasteiger charge is 2.13. The van der Waals surface area contributed by atoms with E-state index in [1.54, 1.807) is 0 Å². The first-order valence-corrected chi connectivity index (χ1v) is 8.84. The van der Waals surface area contributed by atoms with Crippen molar-refractivity contribution in [1.82, 2.24) is 29.0 Å². The average molecular weight is 354 g/mol. The molecule has 27 heavy (non-hydrogen) atoms. The first kappa shape index (κ1) is 15.7. The largest absolute Gasteiger partial charge is 0.306 e. The van der Waals surface area contributed by atoms with Crippen LogP contribution in [-0.4, -0.2) is 29.0 Å². The van der Waals surface area contributed by atoms with E-state index in [-0.39, 0.29) is 0 Å². The molecule has 0 spiro atoms. The quantitative estimate of drug-likeness (QED) is 0.480. The molecule has 0 bridgehead atoms. The number of imidazole rings is 1. The van der Waals surface area contributed by atoms with Gasteiger partial charge in [-0.25, -0.2) is 14.5 Å². The van der Waals surface area contributed by atoms with Crippen LogP contribution in [0.25, 0.3) is 33.9 Å². The van der Waals surface area contributed by atoms with Gasteiger partial charge in [-0.1, -0.05) is 24.3 Å². The third-order valence-corrected chi connectivity index (χ3v) is 4.85. The second kappa shape index (κ2) is 5.74. The molecule has 6 heteroatoms. The summed E-state index contributed by atoms with van der Waals surface area (Å²) in [4.78, 5) is 13.9. The highest BCUT2D eigenvalue weighted by atomic mass is 15.3. The summed E-state index contributed by atoms with van der Waals surface area (Å²) >= 11 is 0. The maximum atomic E-state index is 4.81. The van der Waals surface area contributed by atoms with E-state index in [4.69, 9.17) is 4.98 Å². The van der Waals surface area contributed by atoms with Gasteiger partial charge in [-0.2, -0.15) is 0 Å². The Bertz CT molecular complexity index is 1270. The van der Waals surface area contributed by atoms with Gasteiger partial charge in [-0.15, -0.1) is 5.10 Å². The van der Waals surface area contributed by atoms with Gasteiger partial charge in [0.1, 0.15) is 5.65 Å². The van der Waals surface area contributed by atoms with Crippen LogP contribution in [0.5, 0.6) is 0 Å². The standard InChI is InChI=1S/C21H18N6/c1-13-6-4-5-7-17(13)18-12-26-9-8-16(10-19(26)23-18)20-24-21-15(3)22-11-14(2)27(21)25-20/h4-12H,1-3H3. The van der Waals surface area contributed by atoms with Crippen molar-refractivity contribution in [2.75, 3.05) is 0 Å². The molecule has 0 fully saturated rings. The van der Waals surface area contributed by atoms with E-state index in [1.165, 1.54) is 5.56 Å². The van der Waals surface area contributed by atoms with Gasteiger partial charge in [0, 0.05) is 29.7 Å². The Labute approximate surface area is 156 Å². The van der Waals surface area contributed by atoms with Gasteiger partial charge in [-0.3, -0.25) is 4.98 Å². The SMILES string of the molecule is Cc1ccccc1-c1cn2ccc(-c3nc4c(C)ncc(C)n4n3)cc2n1. The first-order chi connectivity index (χ1) is 13.1. The normalized spacial score (nSPS) is 11.5. The van der Waals surface area contributed by atoms with Gasteiger partial charge < -0.3 is 4.40 Å². The maximum absolute atomic E-state index is 4.81. The van der Waals surface area contributed by atoms with Crippen molar-refractivity contribution < 1.29 is 0 Å². The molecule has 132 valence electrons. The highest BCUT2D eigenvalue weighted by Crippen LogP contribution is 2.25. The van der Waals surface area contributed by atoms with Gasteiger partial charge in [0.2, 0.25) is 0 Å². The van der Waals surface area contributed by atoms with Crippen LogP contribution in [0, 0.1) is 20.8 Å². The topological polar surface area (TPSA) is 60.4 Å². The monoisotopic (exact) mass is 354 g/mol. The third kappa shape index (κ3) is 2.49. The lowest BCUT2D eigenvalue weighted by molar-refractivity contribution is 0.891. The molecular formula is C21H18N6. The summed E-state index contributed by atoms with van der Waals surface area (Å²) < 4.78 is 3.87. The van der Waals surface area contributed by atoms with Crippen molar-refractivity contribution in [3.8, 4) is 22.6 Å². The fraction of sp³-hybridized carbons (Fsp3) is 0.143. The van der Waals surface area contributed by atoms with Crippen molar-refractivity contribution in [3.05, 3.63) is 71.9 Å². The van der Waals surface area contributed by atoms with E-state index in [0.29, 0.717) is 5.82 Å². The molecule has 0 radical (unpaired) electrons. The summed E-state index contributed by atoms with van der Waals surface area (Å²) in [6.07, 6.45) is 5.87. The molecule has 5 rings (SSSR count). The summed E-state index contributed by atoms with van der Waals surface area (Å²) in [5.41, 5.74) is 7.73. The highest BCUT2D eigenvalue weighted by molar-refractivity contribution is 5.69. The Kier molecular flexibility index (Phi) is 3.33. The minimum Gasteiger partial charge on any atom is -0.306 e. The summed E-state index contributed by atoms with van der Waals surface area (Å²) in [5.74, 6) is 0.678. The van der Waals surface area contributed by atoms with E-state index >= 15 is 0 Å². The number of hydrogen-bond donors (Lipinski definition) is 0. The zero-order valence-electron chi connectivity index (χ0n) is 15.4. The first-order valence-electron chi connectivity index (χ1n) is 8.84. The van der Waals surface area contributed by atoms with E-state index < -0.39 is 0 Å². The van der Waals surface area contributed by atoms with Gasteiger partial charge in [-0.05, 0) is 38.5 Å². The average Bonchev–Trinajstić information content (AvgIpc) is 3.29. The van der Waals surface area contributed by atoms with Crippen molar-refractivity contribution >= 4 is 11.3 Å². The van der Waals surface area contributed by atoms with Crippen LogP contribution in [0.1, 0.15) is 17.0 Å². The summed E-state index contributed by atoms with van der Waals surface area (Å²) in [6.45, 7) is 6.02. The molecule has 0 saturated carbocycles. The lowest BCUT2D eigenvalue weighted by Gasteiger charge is -1.99. The number of benzene rings is 1. The van der Waals surface area contributed by atoms with Crippen LogP contribution in [0.3, 0.4) is 0 Å². The third-order valence-electron chi connectivity index (χ3n) is 4.85. The van der Waals surface area contributed by atoms with Crippen molar-refractivity contribution in [3.63, 3.8) is 0 Å². The van der Waals surface area contributed by atoms with Crippen molar-refractivity contribution in [2.24, 2.45) is 0 Å². The van der Waals surface area contributed by atoms with E-state index in [9.17, 15) is 0 Å². The van der Waals surface area contributed by atoms with Crippen LogP contribution >= 0.6 is 0 Å². The fourth-order valence-electron chi connectivity index (χ4n) is 3.33. The molecule has 0 atom stereocenters. The van der Waals surface area contributed by atoms with E-state index in [2.05, 4.69) is 40.3 Å². The predicted octanol–water partition coefficient (Wildman–Crippen LogP) is 4.03. The fourth-order valence-corrected chi connectivity index (χ4v) is 3.33. The van der Waals surface area contributed by atoms with Gasteiger partial charge in [0.15, 0.2) is 11.5 Å². The molecule has 1 aromatic carbocycles. The van der Waals surface area contributed by atoms with Gasteiger partial charge in [0.05, 0.1) is 17.1 Å². The van der Waals surface area contributed by atoms with Crippen LogP contribution in [0.2, 0.25) is 0 Å². The number of rotatable bonds is 2. The van der Waals surface area contributed by atoms with Crippen LogP contribution in [0.15, 0.2) is 55.0 Å². The smallest absolute Gasteiger partial charge is 0.182 e. The Morgan fingerprint density at radius 1 is 0.963 bits per heavy atom. The van der Waals surface area contributed by atoms with Gasteiger partial charge in [0.25, 0.3) is 0 Å². The number of aryl methyl sites for hydroxylation is 3. The van der Waals surface area contributed by atoms with Crippen LogP contribution in [-0.2, 0) is 0 Å². The second-order valence-electron chi connectivity index (χ2n) is 6.78. The molecule has 0 amide bonds. The Morgan fingerprint density at radius 2 is 1.81 bits per heavy atom. The lowest BCUT2D eigenvalue weighted by atomic mass is 10.1. The molecule has 0 aliphatic rings. The molecule has 0 N–H and O–H groups in total. The second-order valence-corrected chi connectivity index (χ2v) is 6.78. The molecule has 0 saturated heterocycles. The Hall–Kier alpha value is -3.54. The van der Waals surface area contributed by atoms with Gasteiger partial charge >= 0.3 is 0 Å². The lowest BCUT2D eigenvalue weighted by Crippen LogP contribution is -1.97. The van der Waals surface area contributed by atoms with Crippen molar-refractivity contribution in [1.29, 1.82) is 0 Å². The minimum absolute atomic E-state index is 0.678. The number of nitrogens with zero attached hydrogens (tertiary/aromatic N) is 6. The molecule has 0 unspecified atom stereocenters. The molecule has 5 aromatic rings. The summed E-state index contributed by atoms with van der Waals surface area (Å²) in [6, 6.07) is 12.3. The molecule has 0 aliphatic heterocycles. The number of pyridine rings is 1. The number of aromatic nitrogens is 6. The molecule has 4 aromatic heterocycles. The number of fused-ring (bicyclic) bond motifs is 2. The zero-order chi connectivity index (χ0) is 18.5. The summed E-state index contributed by atoms with van der Waals surface area (Å²) in [7, 11) is 0. The predicted molar refractivity (Wildman–Crippen MR) is 105 cm³/mol. The zero-order valence-corrected chi connectivity index (χ0v) is 15.4. The van der Waals surface area contributed by atoms with E-state index in [0.717, 1.165) is 39.5 Å². The minimum atomic E-state index is 0.678. The summed E-state index contributed by atoms with van der Waals surface area (Å²) in [5, 5.41) is 4.66. The Balaban J connectivity index is 1.64. The van der Waals surface area contributed by atoms with Crippen LogP contribution < -0.4 is 0 Å². The Morgan fingerprint density at radius 3 is 2.63 bits per heavy atom. The maximum Gasteiger partial charge on any atom is 0.182 e. The molecular weight excluding hydrogens is 336 g/mol.